The third kappa shape index (κ3) is 6.46. The van der Waals surface area contributed by atoms with Crippen molar-refractivity contribution in [1.29, 1.82) is 0 Å². The average molecular weight is 292 g/mol. The molecule has 0 atom stereocenters. The van der Waals surface area contributed by atoms with Crippen molar-refractivity contribution in [3.63, 3.8) is 0 Å². The molecular formula is C15H24N4O2. The van der Waals surface area contributed by atoms with Crippen LogP contribution in [0.5, 0.6) is 5.75 Å². The molecule has 1 saturated heterocycles. The Labute approximate surface area is 125 Å². The second-order valence-electron chi connectivity index (χ2n) is 4.94. The summed E-state index contributed by atoms with van der Waals surface area (Å²) in [6.45, 7) is 6.69. The Kier molecular flexibility index (Phi) is 6.83. The van der Waals surface area contributed by atoms with E-state index in [0.29, 0.717) is 19.7 Å². The van der Waals surface area contributed by atoms with Gasteiger partial charge in [0.05, 0.1) is 6.54 Å². The average Bonchev–Trinajstić information content (AvgIpc) is 2.54. The molecule has 3 N–H and O–H groups in total. The molecule has 6 heteroatoms. The van der Waals surface area contributed by atoms with Crippen molar-refractivity contribution in [3.05, 3.63) is 30.3 Å². The Bertz CT molecular complexity index is 407. The standard InChI is InChI=1S/C15H24N4O2/c20-15(17-8-12-19-10-6-16-7-11-19)18-9-13-21-14-4-2-1-3-5-14/h1-5,16H,6-13H2,(H2,17,18,20). The first-order valence-electron chi connectivity index (χ1n) is 7.47. The summed E-state index contributed by atoms with van der Waals surface area (Å²) in [5.41, 5.74) is 0. The Hall–Kier alpha value is -1.79. The summed E-state index contributed by atoms with van der Waals surface area (Å²) in [6.07, 6.45) is 0. The number of para-hydroxylation sites is 1. The summed E-state index contributed by atoms with van der Waals surface area (Å²) in [5, 5.41) is 8.95. The number of amides is 2. The maximum Gasteiger partial charge on any atom is 0.314 e. The van der Waals surface area contributed by atoms with E-state index in [0.717, 1.165) is 38.5 Å². The minimum absolute atomic E-state index is 0.137. The van der Waals surface area contributed by atoms with Crippen molar-refractivity contribution in [2.45, 2.75) is 0 Å². The Morgan fingerprint density at radius 3 is 2.62 bits per heavy atom. The van der Waals surface area contributed by atoms with Crippen LogP contribution in [0, 0.1) is 0 Å². The molecule has 0 saturated carbocycles. The van der Waals surface area contributed by atoms with E-state index in [2.05, 4.69) is 20.9 Å². The summed E-state index contributed by atoms with van der Waals surface area (Å²) in [4.78, 5) is 13.9. The van der Waals surface area contributed by atoms with Gasteiger partial charge in [0.1, 0.15) is 12.4 Å². The van der Waals surface area contributed by atoms with Crippen LogP contribution in [0.25, 0.3) is 0 Å². The van der Waals surface area contributed by atoms with E-state index >= 15 is 0 Å². The van der Waals surface area contributed by atoms with E-state index in [-0.39, 0.29) is 6.03 Å². The molecule has 2 amide bonds. The summed E-state index contributed by atoms with van der Waals surface area (Å²) in [7, 11) is 0. The van der Waals surface area contributed by atoms with Gasteiger partial charge in [-0.3, -0.25) is 4.90 Å². The molecule has 2 rings (SSSR count). The highest BCUT2D eigenvalue weighted by Gasteiger charge is 2.08. The zero-order valence-corrected chi connectivity index (χ0v) is 12.3. The number of rotatable bonds is 7. The smallest absolute Gasteiger partial charge is 0.314 e. The maximum absolute atomic E-state index is 11.6. The van der Waals surface area contributed by atoms with Crippen LogP contribution in [-0.4, -0.2) is 63.4 Å². The van der Waals surface area contributed by atoms with Gasteiger partial charge in [-0.2, -0.15) is 0 Å². The lowest BCUT2D eigenvalue weighted by Crippen LogP contribution is -2.47. The van der Waals surface area contributed by atoms with Crippen LogP contribution in [-0.2, 0) is 0 Å². The van der Waals surface area contributed by atoms with Gasteiger partial charge in [-0.15, -0.1) is 0 Å². The molecule has 0 aliphatic carbocycles. The molecule has 1 aliphatic rings. The molecule has 0 bridgehead atoms. The van der Waals surface area contributed by atoms with Gasteiger partial charge in [-0.1, -0.05) is 18.2 Å². The highest BCUT2D eigenvalue weighted by atomic mass is 16.5. The quantitative estimate of drug-likeness (QED) is 0.631. The van der Waals surface area contributed by atoms with Crippen molar-refractivity contribution in [2.24, 2.45) is 0 Å². The zero-order valence-electron chi connectivity index (χ0n) is 12.3. The molecule has 116 valence electrons. The van der Waals surface area contributed by atoms with Crippen LogP contribution in [0.1, 0.15) is 0 Å². The SMILES string of the molecule is O=C(NCCOc1ccccc1)NCCN1CCNCC1. The number of urea groups is 1. The highest BCUT2D eigenvalue weighted by Crippen LogP contribution is 2.07. The molecule has 1 fully saturated rings. The van der Waals surface area contributed by atoms with E-state index in [9.17, 15) is 4.79 Å². The number of benzene rings is 1. The summed E-state index contributed by atoms with van der Waals surface area (Å²) in [5.74, 6) is 0.818. The van der Waals surface area contributed by atoms with Crippen LogP contribution in [0.2, 0.25) is 0 Å². The van der Waals surface area contributed by atoms with Gasteiger partial charge < -0.3 is 20.7 Å². The predicted octanol–water partition coefficient (Wildman–Crippen LogP) is 0.270. The van der Waals surface area contributed by atoms with Gasteiger partial charge in [0.15, 0.2) is 0 Å². The molecule has 1 aliphatic heterocycles. The number of hydrogen-bond donors (Lipinski definition) is 3. The molecule has 0 unspecified atom stereocenters. The van der Waals surface area contributed by atoms with Gasteiger partial charge in [0, 0.05) is 39.3 Å². The van der Waals surface area contributed by atoms with Crippen molar-refractivity contribution in [2.75, 3.05) is 52.4 Å². The monoisotopic (exact) mass is 292 g/mol. The fraction of sp³-hybridized carbons (Fsp3) is 0.533. The fourth-order valence-electron chi connectivity index (χ4n) is 2.17. The van der Waals surface area contributed by atoms with Crippen LogP contribution in [0.4, 0.5) is 4.79 Å². The van der Waals surface area contributed by atoms with Crippen LogP contribution in [0.15, 0.2) is 30.3 Å². The van der Waals surface area contributed by atoms with Gasteiger partial charge in [0.2, 0.25) is 0 Å². The molecule has 0 spiro atoms. The van der Waals surface area contributed by atoms with Crippen molar-refractivity contribution < 1.29 is 9.53 Å². The Balaban J connectivity index is 1.47. The first-order chi connectivity index (χ1) is 10.3. The van der Waals surface area contributed by atoms with Crippen LogP contribution in [0.3, 0.4) is 0 Å². The van der Waals surface area contributed by atoms with Crippen molar-refractivity contribution in [1.82, 2.24) is 20.9 Å². The third-order valence-corrected chi connectivity index (χ3v) is 3.32. The minimum atomic E-state index is -0.137. The minimum Gasteiger partial charge on any atom is -0.492 e. The van der Waals surface area contributed by atoms with Gasteiger partial charge in [0.25, 0.3) is 0 Å². The number of nitrogens with one attached hydrogen (secondary N) is 3. The topological polar surface area (TPSA) is 65.6 Å². The molecule has 6 nitrogen and oxygen atoms in total. The van der Waals surface area contributed by atoms with Gasteiger partial charge >= 0.3 is 6.03 Å². The first kappa shape index (κ1) is 15.6. The lowest BCUT2D eigenvalue weighted by Gasteiger charge is -2.27. The molecule has 1 heterocycles. The van der Waals surface area contributed by atoms with Crippen LogP contribution < -0.4 is 20.7 Å². The zero-order chi connectivity index (χ0) is 14.8. The van der Waals surface area contributed by atoms with E-state index in [1.54, 1.807) is 0 Å². The Morgan fingerprint density at radius 2 is 1.86 bits per heavy atom. The molecule has 21 heavy (non-hydrogen) atoms. The second-order valence-corrected chi connectivity index (χ2v) is 4.94. The predicted molar refractivity (Wildman–Crippen MR) is 82.6 cm³/mol. The number of carbonyl (C=O) groups is 1. The van der Waals surface area contributed by atoms with Gasteiger partial charge in [-0.25, -0.2) is 4.79 Å². The summed E-state index contributed by atoms with van der Waals surface area (Å²) >= 11 is 0. The van der Waals surface area contributed by atoms with Crippen LogP contribution >= 0.6 is 0 Å². The van der Waals surface area contributed by atoms with Crippen molar-refractivity contribution in [3.8, 4) is 5.75 Å². The lowest BCUT2D eigenvalue weighted by atomic mass is 10.3. The molecular weight excluding hydrogens is 268 g/mol. The number of piperazine rings is 1. The van der Waals surface area contributed by atoms with E-state index in [1.165, 1.54) is 0 Å². The largest absolute Gasteiger partial charge is 0.492 e. The summed E-state index contributed by atoms with van der Waals surface area (Å²) < 4.78 is 5.50. The number of hydrogen-bond acceptors (Lipinski definition) is 4. The second kappa shape index (κ2) is 9.20. The molecule has 1 aromatic carbocycles. The number of ether oxygens (including phenoxy) is 1. The maximum atomic E-state index is 11.6. The van der Waals surface area contributed by atoms with E-state index in [1.807, 2.05) is 30.3 Å². The number of nitrogens with zero attached hydrogens (tertiary/aromatic N) is 1. The molecule has 1 aromatic rings. The third-order valence-electron chi connectivity index (χ3n) is 3.32. The number of carbonyl (C=O) groups excluding carboxylic acids is 1. The Morgan fingerprint density at radius 1 is 1.14 bits per heavy atom. The highest BCUT2D eigenvalue weighted by molar-refractivity contribution is 5.73. The summed E-state index contributed by atoms with van der Waals surface area (Å²) in [6, 6.07) is 9.44. The van der Waals surface area contributed by atoms with E-state index < -0.39 is 0 Å². The molecule has 0 radical (unpaired) electrons. The fourth-order valence-corrected chi connectivity index (χ4v) is 2.17. The van der Waals surface area contributed by atoms with Gasteiger partial charge in [-0.05, 0) is 12.1 Å². The molecule has 0 aromatic heterocycles. The van der Waals surface area contributed by atoms with E-state index in [4.69, 9.17) is 4.74 Å². The normalized spacial score (nSPS) is 15.4. The van der Waals surface area contributed by atoms with Crippen molar-refractivity contribution >= 4 is 6.03 Å². The lowest BCUT2D eigenvalue weighted by molar-refractivity contribution is 0.224. The first-order valence-corrected chi connectivity index (χ1v) is 7.47.